The van der Waals surface area contributed by atoms with Gasteiger partial charge in [0, 0.05) is 29.9 Å². The molecular formula is C16H17N3S. The fourth-order valence-electron chi connectivity index (χ4n) is 2.65. The molecule has 0 unspecified atom stereocenters. The summed E-state index contributed by atoms with van der Waals surface area (Å²) in [6, 6.07) is 9.54. The number of hydrogen-bond acceptors (Lipinski definition) is 3. The molecule has 2 aromatic heterocycles. The number of para-hydroxylation sites is 1. The van der Waals surface area contributed by atoms with Crippen LogP contribution in [0, 0.1) is 0 Å². The standard InChI is InChI=1S/C16H17N3S/c1-2-12-6-7-19(10-15-9-17-11-20-15)16(12)13(3-1)8-18-14-4-5-14/h1-3,6-7,9,11,14,18H,4-5,8,10H2. The van der Waals surface area contributed by atoms with E-state index in [0.717, 1.165) is 19.1 Å². The minimum Gasteiger partial charge on any atom is -0.342 e. The lowest BCUT2D eigenvalue weighted by Crippen LogP contribution is -2.16. The maximum atomic E-state index is 4.17. The second-order valence-corrected chi connectivity index (χ2v) is 6.39. The van der Waals surface area contributed by atoms with Crippen LogP contribution in [0.5, 0.6) is 0 Å². The van der Waals surface area contributed by atoms with Crippen molar-refractivity contribution in [2.45, 2.75) is 32.0 Å². The topological polar surface area (TPSA) is 29.9 Å². The number of benzene rings is 1. The van der Waals surface area contributed by atoms with E-state index in [2.05, 4.69) is 45.3 Å². The predicted octanol–water partition coefficient (Wildman–Crippen LogP) is 3.40. The summed E-state index contributed by atoms with van der Waals surface area (Å²) in [4.78, 5) is 5.46. The molecule has 0 bridgehead atoms. The van der Waals surface area contributed by atoms with E-state index in [4.69, 9.17) is 0 Å². The van der Waals surface area contributed by atoms with Gasteiger partial charge >= 0.3 is 0 Å². The minimum absolute atomic E-state index is 0.746. The normalized spacial score (nSPS) is 15.0. The molecule has 3 aromatic rings. The van der Waals surface area contributed by atoms with Gasteiger partial charge in [-0.15, -0.1) is 11.3 Å². The third-order valence-electron chi connectivity index (χ3n) is 3.84. The molecule has 4 rings (SSSR count). The Kier molecular flexibility index (Phi) is 3.05. The largest absolute Gasteiger partial charge is 0.342 e. The van der Waals surface area contributed by atoms with Crippen molar-refractivity contribution in [3.63, 3.8) is 0 Å². The number of hydrogen-bond donors (Lipinski definition) is 1. The van der Waals surface area contributed by atoms with Gasteiger partial charge in [-0.2, -0.15) is 0 Å². The molecule has 102 valence electrons. The van der Waals surface area contributed by atoms with E-state index >= 15 is 0 Å². The second-order valence-electron chi connectivity index (χ2n) is 5.42. The number of rotatable bonds is 5. The molecule has 1 saturated carbocycles. The lowest BCUT2D eigenvalue weighted by molar-refractivity contribution is 0.687. The highest BCUT2D eigenvalue weighted by Gasteiger charge is 2.20. The van der Waals surface area contributed by atoms with Crippen LogP contribution in [0.1, 0.15) is 23.3 Å². The van der Waals surface area contributed by atoms with E-state index in [-0.39, 0.29) is 0 Å². The Morgan fingerprint density at radius 3 is 3.05 bits per heavy atom. The van der Waals surface area contributed by atoms with Gasteiger partial charge in [0.1, 0.15) is 0 Å². The van der Waals surface area contributed by atoms with Crippen LogP contribution in [0.25, 0.3) is 10.9 Å². The molecule has 0 spiro atoms. The zero-order valence-corrected chi connectivity index (χ0v) is 12.1. The molecule has 20 heavy (non-hydrogen) atoms. The zero-order valence-electron chi connectivity index (χ0n) is 11.2. The van der Waals surface area contributed by atoms with Gasteiger partial charge in [-0.25, -0.2) is 0 Å². The van der Waals surface area contributed by atoms with Crippen LogP contribution < -0.4 is 5.32 Å². The molecule has 1 N–H and O–H groups in total. The molecule has 0 aliphatic heterocycles. The van der Waals surface area contributed by atoms with E-state index in [1.54, 1.807) is 11.3 Å². The van der Waals surface area contributed by atoms with E-state index in [1.807, 2.05) is 11.7 Å². The Hall–Kier alpha value is -1.65. The summed E-state index contributed by atoms with van der Waals surface area (Å²) in [6.45, 7) is 1.88. The van der Waals surface area contributed by atoms with Crippen molar-refractivity contribution in [2.75, 3.05) is 0 Å². The fourth-order valence-corrected chi connectivity index (χ4v) is 3.24. The lowest BCUT2D eigenvalue weighted by Gasteiger charge is -2.10. The minimum atomic E-state index is 0.746. The van der Waals surface area contributed by atoms with Gasteiger partial charge < -0.3 is 9.88 Å². The number of nitrogens with one attached hydrogen (secondary N) is 1. The van der Waals surface area contributed by atoms with Crippen LogP contribution in [0.3, 0.4) is 0 Å². The summed E-state index contributed by atoms with van der Waals surface area (Å²) in [5.41, 5.74) is 4.65. The van der Waals surface area contributed by atoms with E-state index in [1.165, 1.54) is 34.2 Å². The fraction of sp³-hybridized carbons (Fsp3) is 0.312. The number of nitrogens with zero attached hydrogens (tertiary/aromatic N) is 2. The van der Waals surface area contributed by atoms with Gasteiger partial charge in [-0.05, 0) is 29.9 Å². The number of thiazole rings is 1. The average molecular weight is 283 g/mol. The highest BCUT2D eigenvalue weighted by molar-refractivity contribution is 7.09. The Labute approximate surface area is 122 Å². The predicted molar refractivity (Wildman–Crippen MR) is 83.0 cm³/mol. The third-order valence-corrected chi connectivity index (χ3v) is 4.60. The van der Waals surface area contributed by atoms with E-state index < -0.39 is 0 Å². The van der Waals surface area contributed by atoms with Crippen molar-refractivity contribution in [1.82, 2.24) is 14.9 Å². The Bertz CT molecular complexity index is 710. The molecular weight excluding hydrogens is 266 g/mol. The van der Waals surface area contributed by atoms with Gasteiger partial charge in [0.2, 0.25) is 0 Å². The molecule has 0 amide bonds. The summed E-state index contributed by atoms with van der Waals surface area (Å²) in [6.07, 6.45) is 6.81. The van der Waals surface area contributed by atoms with Crippen molar-refractivity contribution in [3.8, 4) is 0 Å². The van der Waals surface area contributed by atoms with Crippen LogP contribution in [0.4, 0.5) is 0 Å². The Balaban J connectivity index is 1.68. The van der Waals surface area contributed by atoms with Crippen molar-refractivity contribution >= 4 is 22.2 Å². The van der Waals surface area contributed by atoms with Crippen molar-refractivity contribution in [2.24, 2.45) is 0 Å². The van der Waals surface area contributed by atoms with E-state index in [0.29, 0.717) is 0 Å². The summed E-state index contributed by atoms with van der Waals surface area (Å²) in [5, 5.41) is 4.94. The first-order valence-corrected chi connectivity index (χ1v) is 7.95. The second kappa shape index (κ2) is 5.04. The van der Waals surface area contributed by atoms with Crippen LogP contribution in [-0.2, 0) is 13.1 Å². The van der Waals surface area contributed by atoms with Crippen molar-refractivity contribution < 1.29 is 0 Å². The quantitative estimate of drug-likeness (QED) is 0.778. The first kappa shape index (κ1) is 12.1. The van der Waals surface area contributed by atoms with Crippen molar-refractivity contribution in [3.05, 3.63) is 52.6 Å². The van der Waals surface area contributed by atoms with E-state index in [9.17, 15) is 0 Å². The molecule has 0 saturated heterocycles. The Morgan fingerprint density at radius 1 is 1.30 bits per heavy atom. The van der Waals surface area contributed by atoms with Gasteiger partial charge in [0.25, 0.3) is 0 Å². The highest BCUT2D eigenvalue weighted by Crippen LogP contribution is 2.24. The molecule has 1 aliphatic carbocycles. The molecule has 0 atom stereocenters. The number of aromatic nitrogens is 2. The van der Waals surface area contributed by atoms with Crippen LogP contribution in [-0.4, -0.2) is 15.6 Å². The monoisotopic (exact) mass is 283 g/mol. The smallest absolute Gasteiger partial charge is 0.0794 e. The molecule has 3 nitrogen and oxygen atoms in total. The molecule has 0 radical (unpaired) electrons. The van der Waals surface area contributed by atoms with Gasteiger partial charge in [0.15, 0.2) is 0 Å². The maximum absolute atomic E-state index is 4.17. The number of fused-ring (bicyclic) bond motifs is 1. The molecule has 4 heteroatoms. The third kappa shape index (κ3) is 2.37. The highest BCUT2D eigenvalue weighted by atomic mass is 32.1. The van der Waals surface area contributed by atoms with Crippen molar-refractivity contribution in [1.29, 1.82) is 0 Å². The van der Waals surface area contributed by atoms with Gasteiger partial charge in [0.05, 0.1) is 17.6 Å². The van der Waals surface area contributed by atoms with Gasteiger partial charge in [-0.3, -0.25) is 4.98 Å². The van der Waals surface area contributed by atoms with Crippen LogP contribution in [0.2, 0.25) is 0 Å². The zero-order chi connectivity index (χ0) is 13.4. The lowest BCUT2D eigenvalue weighted by atomic mass is 10.1. The Morgan fingerprint density at radius 2 is 2.25 bits per heavy atom. The average Bonchev–Trinajstić information content (AvgIpc) is 2.98. The summed E-state index contributed by atoms with van der Waals surface area (Å²) in [7, 11) is 0. The van der Waals surface area contributed by atoms with Gasteiger partial charge in [-0.1, -0.05) is 18.2 Å². The SMILES string of the molecule is c1cc(CNC2CC2)c2c(c1)ccn2Cc1cncs1. The maximum Gasteiger partial charge on any atom is 0.0794 e. The summed E-state index contributed by atoms with van der Waals surface area (Å²) in [5.74, 6) is 0. The first-order chi connectivity index (χ1) is 9.90. The van der Waals surface area contributed by atoms with Crippen LogP contribution in [0.15, 0.2) is 42.2 Å². The summed E-state index contributed by atoms with van der Waals surface area (Å²) < 4.78 is 2.34. The molecule has 2 heterocycles. The molecule has 1 fully saturated rings. The molecule has 1 aromatic carbocycles. The summed E-state index contributed by atoms with van der Waals surface area (Å²) >= 11 is 1.72. The van der Waals surface area contributed by atoms with Crippen LogP contribution >= 0.6 is 11.3 Å². The molecule has 1 aliphatic rings. The first-order valence-electron chi connectivity index (χ1n) is 7.07.